The van der Waals surface area contributed by atoms with Crippen LogP contribution < -0.4 is 5.73 Å². The summed E-state index contributed by atoms with van der Waals surface area (Å²) in [4.78, 5) is 14.2. The maximum Gasteiger partial charge on any atom is 0.256 e. The van der Waals surface area contributed by atoms with Gasteiger partial charge in [0.25, 0.3) is 5.91 Å². The first-order valence-electron chi connectivity index (χ1n) is 7.01. The largest absolute Gasteiger partial charge is 0.376 e. The van der Waals surface area contributed by atoms with Crippen molar-refractivity contribution in [2.45, 2.75) is 32.2 Å². The molecule has 1 amide bonds. The Morgan fingerprint density at radius 3 is 2.81 bits per heavy atom. The Hall–Kier alpha value is -1.92. The standard InChI is InChI=1S/C14H17N3O2.CH5N/c1-14(2)7-6-11-12-9(13(19)17(14)8-18)4-3-5-10(12)15-16-11;1-2/h3-5,18H,6-8H2,1-2H3,(H,15,16);2H2,1H3. The molecular formula is C15H22N4O2. The summed E-state index contributed by atoms with van der Waals surface area (Å²) in [5.41, 5.74) is 6.54. The topological polar surface area (TPSA) is 95.2 Å². The second kappa shape index (κ2) is 5.83. The van der Waals surface area contributed by atoms with E-state index in [2.05, 4.69) is 15.9 Å². The van der Waals surface area contributed by atoms with Crippen molar-refractivity contribution in [3.63, 3.8) is 0 Å². The molecular weight excluding hydrogens is 268 g/mol. The highest BCUT2D eigenvalue weighted by atomic mass is 16.3. The van der Waals surface area contributed by atoms with Crippen LogP contribution in [0, 0.1) is 0 Å². The number of carbonyl (C=O) groups excluding carboxylic acids is 1. The number of aliphatic hydroxyl groups is 1. The number of carbonyl (C=O) groups is 1. The maximum absolute atomic E-state index is 12.6. The highest BCUT2D eigenvalue weighted by Gasteiger charge is 2.34. The molecule has 0 atom stereocenters. The summed E-state index contributed by atoms with van der Waals surface area (Å²) < 4.78 is 0. The average Bonchev–Trinajstić information content (AvgIpc) is 2.90. The Kier molecular flexibility index (Phi) is 4.29. The van der Waals surface area contributed by atoms with Crippen molar-refractivity contribution in [2.24, 2.45) is 5.73 Å². The van der Waals surface area contributed by atoms with Crippen LogP contribution in [-0.4, -0.2) is 45.4 Å². The summed E-state index contributed by atoms with van der Waals surface area (Å²) in [5.74, 6) is -0.138. The molecule has 0 fully saturated rings. The quantitative estimate of drug-likeness (QED) is 0.736. The molecule has 6 nitrogen and oxygen atoms in total. The molecule has 1 aliphatic rings. The van der Waals surface area contributed by atoms with Crippen LogP contribution >= 0.6 is 0 Å². The number of hydrogen-bond donors (Lipinski definition) is 3. The van der Waals surface area contributed by atoms with Crippen LogP contribution in [0.1, 0.15) is 36.3 Å². The Morgan fingerprint density at radius 2 is 2.14 bits per heavy atom. The number of benzene rings is 1. The zero-order chi connectivity index (χ0) is 15.6. The van der Waals surface area contributed by atoms with Crippen molar-refractivity contribution in [3.05, 3.63) is 29.5 Å². The van der Waals surface area contributed by atoms with Crippen molar-refractivity contribution >= 4 is 16.8 Å². The van der Waals surface area contributed by atoms with E-state index in [1.807, 2.05) is 26.0 Å². The summed E-state index contributed by atoms with van der Waals surface area (Å²) in [6.45, 7) is 3.68. The lowest BCUT2D eigenvalue weighted by Gasteiger charge is -2.38. The molecule has 0 bridgehead atoms. The van der Waals surface area contributed by atoms with Gasteiger partial charge in [0, 0.05) is 16.6 Å². The molecule has 1 aromatic heterocycles. The minimum Gasteiger partial charge on any atom is -0.376 e. The number of nitrogens with one attached hydrogen (secondary N) is 1. The molecule has 21 heavy (non-hydrogen) atoms. The second-order valence-electron chi connectivity index (χ2n) is 5.59. The van der Waals surface area contributed by atoms with Gasteiger partial charge in [-0.1, -0.05) is 6.07 Å². The lowest BCUT2D eigenvalue weighted by Crippen LogP contribution is -2.49. The van der Waals surface area contributed by atoms with E-state index in [0.29, 0.717) is 5.56 Å². The van der Waals surface area contributed by atoms with Crippen LogP contribution in [0.2, 0.25) is 0 Å². The fraction of sp³-hybridized carbons (Fsp3) is 0.467. The van der Waals surface area contributed by atoms with E-state index in [0.717, 1.165) is 29.4 Å². The van der Waals surface area contributed by atoms with Gasteiger partial charge >= 0.3 is 0 Å². The first kappa shape index (κ1) is 15.5. The van der Waals surface area contributed by atoms with Gasteiger partial charge in [-0.3, -0.25) is 9.89 Å². The summed E-state index contributed by atoms with van der Waals surface area (Å²) in [5, 5.41) is 17.7. The van der Waals surface area contributed by atoms with Gasteiger partial charge in [-0.2, -0.15) is 5.10 Å². The third-order valence-corrected chi connectivity index (χ3v) is 3.99. The minimum atomic E-state index is -0.378. The van der Waals surface area contributed by atoms with Gasteiger partial charge in [-0.05, 0) is 45.9 Å². The molecule has 3 rings (SSSR count). The maximum atomic E-state index is 12.6. The molecule has 2 heterocycles. The second-order valence-corrected chi connectivity index (χ2v) is 5.59. The molecule has 6 heteroatoms. The Labute approximate surface area is 123 Å². The number of nitrogens with zero attached hydrogens (tertiary/aromatic N) is 2. The number of hydrogen-bond acceptors (Lipinski definition) is 4. The third kappa shape index (κ3) is 2.52. The Bertz CT molecular complexity index is 648. The number of rotatable bonds is 1. The molecule has 0 saturated heterocycles. The van der Waals surface area contributed by atoms with E-state index < -0.39 is 0 Å². The number of aliphatic hydroxyl groups excluding tert-OH is 1. The van der Waals surface area contributed by atoms with Crippen LogP contribution in [-0.2, 0) is 6.42 Å². The first-order valence-corrected chi connectivity index (χ1v) is 7.01. The van der Waals surface area contributed by atoms with Gasteiger partial charge in [-0.25, -0.2) is 0 Å². The highest BCUT2D eigenvalue weighted by molar-refractivity contribution is 6.07. The molecule has 2 aromatic rings. The highest BCUT2D eigenvalue weighted by Crippen LogP contribution is 2.31. The summed E-state index contributed by atoms with van der Waals surface area (Å²) in [6, 6.07) is 5.51. The van der Waals surface area contributed by atoms with Crippen molar-refractivity contribution in [1.82, 2.24) is 15.1 Å². The third-order valence-electron chi connectivity index (χ3n) is 3.99. The normalized spacial score (nSPS) is 17.0. The van der Waals surface area contributed by atoms with Crippen molar-refractivity contribution in [1.29, 1.82) is 0 Å². The number of aromatic nitrogens is 2. The molecule has 0 radical (unpaired) electrons. The zero-order valence-corrected chi connectivity index (χ0v) is 12.7. The average molecular weight is 290 g/mol. The molecule has 0 spiro atoms. The smallest absolute Gasteiger partial charge is 0.256 e. The lowest BCUT2D eigenvalue weighted by atomic mass is 9.90. The SMILES string of the molecule is CC1(C)CCc2[nH]nc3cccc(c23)C(=O)N1CO.CN. The predicted molar refractivity (Wildman–Crippen MR) is 81.9 cm³/mol. The Morgan fingerprint density at radius 1 is 1.43 bits per heavy atom. The van der Waals surface area contributed by atoms with Gasteiger partial charge in [0.2, 0.25) is 0 Å². The van der Waals surface area contributed by atoms with E-state index in [1.54, 1.807) is 6.07 Å². The van der Waals surface area contributed by atoms with Crippen LogP contribution in [0.25, 0.3) is 10.9 Å². The van der Waals surface area contributed by atoms with Crippen LogP contribution in [0.15, 0.2) is 18.2 Å². The van der Waals surface area contributed by atoms with Gasteiger partial charge in [0.15, 0.2) is 0 Å². The van der Waals surface area contributed by atoms with E-state index in [4.69, 9.17) is 0 Å². The number of aryl methyl sites for hydroxylation is 1. The van der Waals surface area contributed by atoms with Gasteiger partial charge < -0.3 is 15.7 Å². The molecule has 4 N–H and O–H groups in total. The van der Waals surface area contributed by atoms with E-state index in [1.165, 1.54) is 11.9 Å². The molecule has 114 valence electrons. The first-order chi connectivity index (χ1) is 10.0. The fourth-order valence-corrected chi connectivity index (χ4v) is 2.73. The summed E-state index contributed by atoms with van der Waals surface area (Å²) >= 11 is 0. The van der Waals surface area contributed by atoms with Gasteiger partial charge in [-0.15, -0.1) is 0 Å². The molecule has 0 unspecified atom stereocenters. The van der Waals surface area contributed by atoms with Crippen molar-refractivity contribution in [3.8, 4) is 0 Å². The lowest BCUT2D eigenvalue weighted by molar-refractivity contribution is 0.0174. The molecule has 0 saturated carbocycles. The molecule has 1 aliphatic heterocycles. The van der Waals surface area contributed by atoms with Crippen LogP contribution in [0.5, 0.6) is 0 Å². The number of nitrogens with two attached hydrogens (primary N) is 1. The monoisotopic (exact) mass is 290 g/mol. The van der Waals surface area contributed by atoms with Crippen molar-refractivity contribution in [2.75, 3.05) is 13.8 Å². The number of H-pyrrole nitrogens is 1. The molecule has 0 aliphatic carbocycles. The minimum absolute atomic E-state index is 0.138. The summed E-state index contributed by atoms with van der Waals surface area (Å²) in [6.07, 6.45) is 1.59. The van der Waals surface area contributed by atoms with Gasteiger partial charge in [0.05, 0.1) is 11.1 Å². The predicted octanol–water partition coefficient (Wildman–Crippen LogP) is 1.25. The van der Waals surface area contributed by atoms with E-state index in [-0.39, 0.29) is 18.2 Å². The van der Waals surface area contributed by atoms with Crippen molar-refractivity contribution < 1.29 is 9.90 Å². The fourth-order valence-electron chi connectivity index (χ4n) is 2.73. The summed E-state index contributed by atoms with van der Waals surface area (Å²) in [7, 11) is 1.50. The number of amides is 1. The van der Waals surface area contributed by atoms with Gasteiger partial charge in [0.1, 0.15) is 6.73 Å². The van der Waals surface area contributed by atoms with E-state index in [9.17, 15) is 9.90 Å². The zero-order valence-electron chi connectivity index (χ0n) is 12.7. The molecule has 1 aromatic carbocycles. The van der Waals surface area contributed by atoms with Crippen LogP contribution in [0.4, 0.5) is 0 Å². The number of aromatic amines is 1. The van der Waals surface area contributed by atoms with E-state index >= 15 is 0 Å². The Balaban J connectivity index is 0.000000774. The van der Waals surface area contributed by atoms with Crippen LogP contribution in [0.3, 0.4) is 0 Å².